The van der Waals surface area contributed by atoms with Crippen molar-refractivity contribution in [1.82, 2.24) is 10.6 Å². The summed E-state index contributed by atoms with van der Waals surface area (Å²) in [5.74, 6) is -0.0912. The molecule has 0 heterocycles. The van der Waals surface area contributed by atoms with Crippen molar-refractivity contribution in [2.24, 2.45) is 0 Å². The van der Waals surface area contributed by atoms with Gasteiger partial charge in [0.1, 0.15) is 5.75 Å². The Morgan fingerprint density at radius 2 is 1.85 bits per heavy atom. The van der Waals surface area contributed by atoms with Crippen LogP contribution in [0, 0.1) is 11.3 Å². The topological polar surface area (TPSA) is 91.2 Å². The van der Waals surface area contributed by atoms with Gasteiger partial charge in [0.05, 0.1) is 11.6 Å². The van der Waals surface area contributed by atoms with E-state index in [2.05, 4.69) is 10.6 Å². The van der Waals surface area contributed by atoms with E-state index in [4.69, 9.17) is 10.00 Å². The first-order chi connectivity index (χ1) is 9.30. The average molecular weight is 275 g/mol. The predicted molar refractivity (Wildman–Crippen MR) is 73.1 cm³/mol. The van der Waals surface area contributed by atoms with Crippen molar-refractivity contribution in [2.45, 2.75) is 26.3 Å². The zero-order chi connectivity index (χ0) is 15.2. The lowest BCUT2D eigenvalue weighted by atomic mass is 10.1. The van der Waals surface area contributed by atoms with Crippen LogP contribution in [0.4, 0.5) is 4.79 Å². The molecule has 1 aromatic carbocycles. The molecule has 0 spiro atoms. The second kappa shape index (κ2) is 6.57. The lowest BCUT2D eigenvalue weighted by molar-refractivity contribution is -0.122. The molecule has 0 saturated carbocycles. The van der Waals surface area contributed by atoms with Crippen LogP contribution in [-0.2, 0) is 4.79 Å². The molecular formula is C14H17N3O3. The Bertz CT molecular complexity index is 524. The first-order valence-electron chi connectivity index (χ1n) is 6.05. The van der Waals surface area contributed by atoms with Crippen LogP contribution in [0.25, 0.3) is 0 Å². The van der Waals surface area contributed by atoms with Gasteiger partial charge in [0.25, 0.3) is 5.91 Å². The maximum Gasteiger partial charge on any atom is 0.321 e. The Balaban J connectivity index is 2.39. The molecule has 0 aliphatic heterocycles. The summed E-state index contributed by atoms with van der Waals surface area (Å²) >= 11 is 0. The second-order valence-electron chi connectivity index (χ2n) is 5.18. The van der Waals surface area contributed by atoms with E-state index < -0.39 is 17.5 Å². The first kappa shape index (κ1) is 15.5. The number of amides is 3. The third kappa shape index (κ3) is 5.87. The Morgan fingerprint density at radius 3 is 2.35 bits per heavy atom. The van der Waals surface area contributed by atoms with E-state index in [0.717, 1.165) is 0 Å². The van der Waals surface area contributed by atoms with Gasteiger partial charge in [-0.25, -0.2) is 4.79 Å². The van der Waals surface area contributed by atoms with Gasteiger partial charge >= 0.3 is 6.03 Å². The highest BCUT2D eigenvalue weighted by Crippen LogP contribution is 2.11. The van der Waals surface area contributed by atoms with E-state index in [-0.39, 0.29) is 6.61 Å². The lowest BCUT2D eigenvalue weighted by Crippen LogP contribution is -2.49. The number of hydrogen-bond acceptors (Lipinski definition) is 4. The number of imide groups is 1. The Labute approximate surface area is 117 Å². The summed E-state index contributed by atoms with van der Waals surface area (Å²) in [6.07, 6.45) is 0. The van der Waals surface area contributed by atoms with Crippen LogP contribution in [0.5, 0.6) is 5.75 Å². The normalized spacial score (nSPS) is 10.3. The van der Waals surface area contributed by atoms with Crippen LogP contribution in [0.15, 0.2) is 24.3 Å². The van der Waals surface area contributed by atoms with E-state index in [1.165, 1.54) is 0 Å². The monoisotopic (exact) mass is 275 g/mol. The quantitative estimate of drug-likeness (QED) is 0.875. The molecule has 0 unspecified atom stereocenters. The molecule has 3 amide bonds. The Hall–Kier alpha value is -2.55. The van der Waals surface area contributed by atoms with Gasteiger partial charge in [-0.05, 0) is 45.0 Å². The zero-order valence-electron chi connectivity index (χ0n) is 11.7. The fraction of sp³-hybridized carbons (Fsp3) is 0.357. The minimum atomic E-state index is -0.564. The molecule has 0 fully saturated rings. The van der Waals surface area contributed by atoms with Crippen LogP contribution < -0.4 is 15.4 Å². The molecule has 0 saturated heterocycles. The SMILES string of the molecule is CC(C)(C)NC(=O)NC(=O)COc1ccc(C#N)cc1. The molecule has 0 aliphatic rings. The molecule has 0 atom stereocenters. The van der Waals surface area contributed by atoms with Crippen LogP contribution in [0.3, 0.4) is 0 Å². The fourth-order valence-corrected chi connectivity index (χ4v) is 1.31. The fourth-order valence-electron chi connectivity index (χ4n) is 1.31. The van der Waals surface area contributed by atoms with E-state index in [1.54, 1.807) is 24.3 Å². The minimum Gasteiger partial charge on any atom is -0.484 e. The molecule has 0 aliphatic carbocycles. The number of urea groups is 1. The molecular weight excluding hydrogens is 258 g/mol. The lowest BCUT2D eigenvalue weighted by Gasteiger charge is -2.20. The van der Waals surface area contributed by atoms with Gasteiger partial charge in [-0.3, -0.25) is 10.1 Å². The number of benzene rings is 1. The summed E-state index contributed by atoms with van der Waals surface area (Å²) in [6.45, 7) is 5.16. The second-order valence-corrected chi connectivity index (χ2v) is 5.18. The van der Waals surface area contributed by atoms with Crippen LogP contribution in [-0.4, -0.2) is 24.1 Å². The van der Waals surface area contributed by atoms with Gasteiger partial charge in [0.2, 0.25) is 0 Å². The summed E-state index contributed by atoms with van der Waals surface area (Å²) in [5, 5.41) is 13.4. The number of carbonyl (C=O) groups excluding carboxylic acids is 2. The summed E-state index contributed by atoms with van der Waals surface area (Å²) in [6, 6.07) is 7.75. The van der Waals surface area contributed by atoms with Crippen LogP contribution in [0.2, 0.25) is 0 Å². The molecule has 1 aromatic rings. The van der Waals surface area contributed by atoms with Gasteiger partial charge < -0.3 is 10.1 Å². The van der Waals surface area contributed by atoms with Crippen molar-refractivity contribution >= 4 is 11.9 Å². The van der Waals surface area contributed by atoms with E-state index >= 15 is 0 Å². The smallest absolute Gasteiger partial charge is 0.321 e. The van der Waals surface area contributed by atoms with E-state index in [9.17, 15) is 9.59 Å². The van der Waals surface area contributed by atoms with Gasteiger partial charge in [0, 0.05) is 5.54 Å². The van der Waals surface area contributed by atoms with Crippen molar-refractivity contribution in [1.29, 1.82) is 5.26 Å². The Kier molecular flexibility index (Phi) is 5.09. The number of nitrogens with one attached hydrogen (secondary N) is 2. The van der Waals surface area contributed by atoms with Gasteiger partial charge in [-0.2, -0.15) is 5.26 Å². The highest BCUT2D eigenvalue weighted by atomic mass is 16.5. The third-order valence-electron chi connectivity index (χ3n) is 2.09. The van der Waals surface area contributed by atoms with Gasteiger partial charge in [0.15, 0.2) is 6.61 Å². The van der Waals surface area contributed by atoms with E-state index in [0.29, 0.717) is 11.3 Å². The maximum absolute atomic E-state index is 11.5. The average Bonchev–Trinajstić information content (AvgIpc) is 2.34. The molecule has 0 aromatic heterocycles. The number of carbonyl (C=O) groups is 2. The molecule has 1 rings (SSSR count). The maximum atomic E-state index is 11.5. The predicted octanol–water partition coefficient (Wildman–Crippen LogP) is 1.56. The highest BCUT2D eigenvalue weighted by molar-refractivity contribution is 5.95. The molecule has 0 radical (unpaired) electrons. The number of ether oxygens (including phenoxy) is 1. The van der Waals surface area contributed by atoms with Crippen LogP contribution >= 0.6 is 0 Å². The zero-order valence-corrected chi connectivity index (χ0v) is 11.7. The largest absolute Gasteiger partial charge is 0.484 e. The standard InChI is InChI=1S/C14H17N3O3/c1-14(2,3)17-13(19)16-12(18)9-20-11-6-4-10(8-15)5-7-11/h4-7H,9H2,1-3H3,(H2,16,17,18,19). The number of nitriles is 1. The van der Waals surface area contributed by atoms with Crippen molar-refractivity contribution in [3.8, 4) is 11.8 Å². The molecule has 2 N–H and O–H groups in total. The number of rotatable bonds is 3. The number of nitrogens with zero attached hydrogens (tertiary/aromatic N) is 1. The molecule has 20 heavy (non-hydrogen) atoms. The van der Waals surface area contributed by atoms with Crippen molar-refractivity contribution in [3.63, 3.8) is 0 Å². The molecule has 0 bridgehead atoms. The third-order valence-corrected chi connectivity index (χ3v) is 2.09. The summed E-state index contributed by atoms with van der Waals surface area (Å²) in [7, 11) is 0. The first-order valence-corrected chi connectivity index (χ1v) is 6.05. The van der Waals surface area contributed by atoms with E-state index in [1.807, 2.05) is 26.8 Å². The summed E-state index contributed by atoms with van der Waals surface area (Å²) in [4.78, 5) is 22.9. The highest BCUT2D eigenvalue weighted by Gasteiger charge is 2.15. The van der Waals surface area contributed by atoms with Crippen LogP contribution in [0.1, 0.15) is 26.3 Å². The summed E-state index contributed by atoms with van der Waals surface area (Å²) < 4.78 is 5.20. The van der Waals surface area contributed by atoms with Crippen molar-refractivity contribution in [2.75, 3.05) is 6.61 Å². The minimum absolute atomic E-state index is 0.274. The molecule has 6 nitrogen and oxygen atoms in total. The summed E-state index contributed by atoms with van der Waals surface area (Å²) in [5.41, 5.74) is 0.0876. The van der Waals surface area contributed by atoms with Gasteiger partial charge in [-0.15, -0.1) is 0 Å². The molecule has 106 valence electrons. The van der Waals surface area contributed by atoms with Gasteiger partial charge in [-0.1, -0.05) is 0 Å². The molecule has 6 heteroatoms. The Morgan fingerprint density at radius 1 is 1.25 bits per heavy atom. The number of hydrogen-bond donors (Lipinski definition) is 2. The van der Waals surface area contributed by atoms with Crippen molar-refractivity contribution in [3.05, 3.63) is 29.8 Å². The van der Waals surface area contributed by atoms with Crippen molar-refractivity contribution < 1.29 is 14.3 Å².